The molecule has 3 nitrogen and oxygen atoms in total. The van der Waals surface area contributed by atoms with E-state index < -0.39 is 5.97 Å². The first kappa shape index (κ1) is 11.7. The molecule has 3 heteroatoms. The van der Waals surface area contributed by atoms with Gasteiger partial charge in [-0.1, -0.05) is 29.3 Å². The number of carboxylic acid groups (broad SMARTS) is 1. The van der Waals surface area contributed by atoms with Gasteiger partial charge in [0.1, 0.15) is 0 Å². The quantitative estimate of drug-likeness (QED) is 0.795. The van der Waals surface area contributed by atoms with Gasteiger partial charge in [0.15, 0.2) is 0 Å². The van der Waals surface area contributed by atoms with E-state index in [0.29, 0.717) is 6.42 Å². The van der Waals surface area contributed by atoms with Crippen molar-refractivity contribution in [3.05, 3.63) is 34.9 Å². The van der Waals surface area contributed by atoms with Crippen LogP contribution in [0.4, 0.5) is 0 Å². The molecule has 1 atom stereocenters. The van der Waals surface area contributed by atoms with Crippen LogP contribution in [0.5, 0.6) is 0 Å². The Kier molecular flexibility index (Phi) is 3.86. The highest BCUT2D eigenvalue weighted by Gasteiger charge is 2.08. The number of hydrogen-bond acceptors (Lipinski definition) is 2. The Morgan fingerprint density at radius 1 is 1.33 bits per heavy atom. The third-order valence-corrected chi connectivity index (χ3v) is 2.34. The first-order valence-corrected chi connectivity index (χ1v) is 5.04. The lowest BCUT2D eigenvalue weighted by Gasteiger charge is -2.12. The highest BCUT2D eigenvalue weighted by molar-refractivity contribution is 5.66. The lowest BCUT2D eigenvalue weighted by molar-refractivity contribution is -0.137. The fraction of sp³-hybridized carbons (Fsp3) is 0.417. The fourth-order valence-corrected chi connectivity index (χ4v) is 1.67. The minimum Gasteiger partial charge on any atom is -0.481 e. The third-order valence-electron chi connectivity index (χ3n) is 2.34. The minimum absolute atomic E-state index is 0.119. The van der Waals surface area contributed by atoms with Gasteiger partial charge in [0.25, 0.3) is 0 Å². The number of hydrogen-bond donors (Lipinski definition) is 2. The molecule has 0 fully saturated rings. The van der Waals surface area contributed by atoms with Crippen molar-refractivity contribution in [1.29, 1.82) is 0 Å². The van der Waals surface area contributed by atoms with E-state index in [1.165, 1.54) is 0 Å². The van der Waals surface area contributed by atoms with Gasteiger partial charge in [-0.15, -0.1) is 0 Å². The Morgan fingerprint density at radius 3 is 2.33 bits per heavy atom. The fourth-order valence-electron chi connectivity index (χ4n) is 1.67. The van der Waals surface area contributed by atoms with Crippen molar-refractivity contribution >= 4 is 5.97 Å². The van der Waals surface area contributed by atoms with Crippen LogP contribution < -0.4 is 5.73 Å². The van der Waals surface area contributed by atoms with E-state index in [1.54, 1.807) is 0 Å². The van der Waals surface area contributed by atoms with Crippen molar-refractivity contribution in [2.45, 2.75) is 32.7 Å². The lowest BCUT2D eigenvalue weighted by atomic mass is 9.99. The number of aryl methyl sites for hydroxylation is 2. The van der Waals surface area contributed by atoms with E-state index in [0.717, 1.165) is 16.7 Å². The van der Waals surface area contributed by atoms with E-state index >= 15 is 0 Å². The number of carbonyl (C=O) groups is 1. The Bertz CT molecular complexity index is 340. The molecule has 0 saturated carbocycles. The number of carboxylic acids is 1. The highest BCUT2D eigenvalue weighted by Crippen LogP contribution is 2.18. The molecule has 1 aromatic carbocycles. The van der Waals surface area contributed by atoms with Crippen molar-refractivity contribution in [2.24, 2.45) is 5.73 Å². The molecule has 0 radical (unpaired) electrons. The minimum atomic E-state index is -0.796. The maximum absolute atomic E-state index is 10.4. The van der Waals surface area contributed by atoms with Gasteiger partial charge >= 0.3 is 5.97 Å². The molecule has 0 heterocycles. The summed E-state index contributed by atoms with van der Waals surface area (Å²) in [5.41, 5.74) is 9.27. The first-order valence-electron chi connectivity index (χ1n) is 5.04. The van der Waals surface area contributed by atoms with Crippen LogP contribution in [0.3, 0.4) is 0 Å². The smallest absolute Gasteiger partial charge is 0.303 e. The molecule has 0 amide bonds. The molecule has 1 aromatic rings. The summed E-state index contributed by atoms with van der Waals surface area (Å²) in [5.74, 6) is -0.796. The summed E-state index contributed by atoms with van der Waals surface area (Å²) in [7, 11) is 0. The van der Waals surface area contributed by atoms with Crippen LogP contribution >= 0.6 is 0 Å². The zero-order valence-electron chi connectivity index (χ0n) is 9.16. The monoisotopic (exact) mass is 207 g/mol. The number of benzene rings is 1. The first-order chi connectivity index (χ1) is 6.99. The second-order valence-electron chi connectivity index (χ2n) is 3.96. The Labute approximate surface area is 89.9 Å². The lowest BCUT2D eigenvalue weighted by Crippen LogP contribution is -2.12. The molecule has 1 rings (SSSR count). The van der Waals surface area contributed by atoms with Crippen molar-refractivity contribution in [3.8, 4) is 0 Å². The van der Waals surface area contributed by atoms with Gasteiger partial charge < -0.3 is 10.8 Å². The van der Waals surface area contributed by atoms with Crippen LogP contribution in [0.1, 0.15) is 35.6 Å². The SMILES string of the molecule is Cc1cc(C)cc([C@H](N)CCC(=O)O)c1. The molecule has 0 aliphatic heterocycles. The predicted octanol–water partition coefficient (Wildman–Crippen LogP) is 2.17. The van der Waals surface area contributed by atoms with Crippen molar-refractivity contribution in [2.75, 3.05) is 0 Å². The molecule has 0 aromatic heterocycles. The van der Waals surface area contributed by atoms with E-state index in [2.05, 4.69) is 6.07 Å². The topological polar surface area (TPSA) is 63.3 Å². The summed E-state index contributed by atoms with van der Waals surface area (Å²) < 4.78 is 0. The van der Waals surface area contributed by atoms with E-state index in [-0.39, 0.29) is 12.5 Å². The molecule has 0 bridgehead atoms. The summed E-state index contributed by atoms with van der Waals surface area (Å²) in [6, 6.07) is 5.92. The predicted molar refractivity (Wildman–Crippen MR) is 59.7 cm³/mol. The maximum atomic E-state index is 10.4. The zero-order valence-corrected chi connectivity index (χ0v) is 9.16. The third kappa shape index (κ3) is 3.72. The Balaban J connectivity index is 2.72. The van der Waals surface area contributed by atoms with Crippen molar-refractivity contribution in [3.63, 3.8) is 0 Å². The van der Waals surface area contributed by atoms with Crippen molar-refractivity contribution in [1.82, 2.24) is 0 Å². The highest BCUT2D eigenvalue weighted by atomic mass is 16.4. The number of rotatable bonds is 4. The molecule has 3 N–H and O–H groups in total. The summed E-state index contributed by atoms with van der Waals surface area (Å²) >= 11 is 0. The molecule has 15 heavy (non-hydrogen) atoms. The van der Waals surface area contributed by atoms with Gasteiger partial charge in [-0.25, -0.2) is 0 Å². The van der Waals surface area contributed by atoms with Gasteiger partial charge in [0, 0.05) is 12.5 Å². The van der Waals surface area contributed by atoms with E-state index in [1.807, 2.05) is 26.0 Å². The van der Waals surface area contributed by atoms with Crippen LogP contribution in [0.2, 0.25) is 0 Å². The number of aliphatic carboxylic acids is 1. The average molecular weight is 207 g/mol. The molecule has 0 spiro atoms. The second-order valence-corrected chi connectivity index (χ2v) is 3.96. The summed E-state index contributed by atoms with van der Waals surface area (Å²) in [4.78, 5) is 10.4. The standard InChI is InChI=1S/C12H17NO2/c1-8-5-9(2)7-10(6-8)11(13)3-4-12(14)15/h5-7,11H,3-4,13H2,1-2H3,(H,14,15)/t11-/m1/s1. The molecule has 0 aliphatic carbocycles. The Hall–Kier alpha value is -1.35. The molecule has 0 unspecified atom stereocenters. The van der Waals surface area contributed by atoms with Crippen LogP contribution in [0.25, 0.3) is 0 Å². The van der Waals surface area contributed by atoms with Crippen molar-refractivity contribution < 1.29 is 9.90 Å². The largest absolute Gasteiger partial charge is 0.481 e. The van der Waals surface area contributed by atoms with Gasteiger partial charge in [0.2, 0.25) is 0 Å². The van der Waals surface area contributed by atoms with Crippen LogP contribution in [-0.4, -0.2) is 11.1 Å². The molecule has 0 saturated heterocycles. The van der Waals surface area contributed by atoms with E-state index in [9.17, 15) is 4.79 Å². The summed E-state index contributed by atoms with van der Waals surface area (Å²) in [6.45, 7) is 4.03. The van der Waals surface area contributed by atoms with Gasteiger partial charge in [-0.3, -0.25) is 4.79 Å². The van der Waals surface area contributed by atoms with E-state index in [4.69, 9.17) is 10.8 Å². The average Bonchev–Trinajstić information content (AvgIpc) is 2.12. The molecular formula is C12H17NO2. The van der Waals surface area contributed by atoms with Gasteiger partial charge in [0.05, 0.1) is 0 Å². The Morgan fingerprint density at radius 2 is 1.87 bits per heavy atom. The zero-order chi connectivity index (χ0) is 11.4. The molecule has 82 valence electrons. The van der Waals surface area contributed by atoms with Crippen LogP contribution in [0.15, 0.2) is 18.2 Å². The van der Waals surface area contributed by atoms with Gasteiger partial charge in [-0.05, 0) is 25.8 Å². The molecule has 0 aliphatic rings. The maximum Gasteiger partial charge on any atom is 0.303 e. The summed E-state index contributed by atoms with van der Waals surface area (Å²) in [6.07, 6.45) is 0.604. The second kappa shape index (κ2) is 4.94. The van der Waals surface area contributed by atoms with Crippen LogP contribution in [-0.2, 0) is 4.79 Å². The summed E-state index contributed by atoms with van der Waals surface area (Å²) in [5, 5.41) is 8.56. The normalized spacial score (nSPS) is 12.5. The number of nitrogens with two attached hydrogens (primary N) is 1. The van der Waals surface area contributed by atoms with Gasteiger partial charge in [-0.2, -0.15) is 0 Å². The molecular weight excluding hydrogens is 190 g/mol. The van der Waals surface area contributed by atoms with Crippen LogP contribution in [0, 0.1) is 13.8 Å².